The van der Waals surface area contributed by atoms with E-state index in [1.54, 1.807) is 6.07 Å². The van der Waals surface area contributed by atoms with Crippen molar-refractivity contribution in [1.82, 2.24) is 0 Å². The zero-order chi connectivity index (χ0) is 19.3. The van der Waals surface area contributed by atoms with Gasteiger partial charge >= 0.3 is 11.9 Å². The van der Waals surface area contributed by atoms with Crippen LogP contribution in [0.15, 0.2) is 36.4 Å². The summed E-state index contributed by atoms with van der Waals surface area (Å²) in [5.41, 5.74) is -0.0613. The van der Waals surface area contributed by atoms with Gasteiger partial charge in [0.25, 0.3) is 5.91 Å². The van der Waals surface area contributed by atoms with Gasteiger partial charge in [0.1, 0.15) is 17.1 Å². The number of aromatic carboxylic acids is 1. The van der Waals surface area contributed by atoms with Gasteiger partial charge in [-0.1, -0.05) is 23.2 Å². The van der Waals surface area contributed by atoms with Crippen molar-refractivity contribution in [3.8, 4) is 11.5 Å². The molecule has 0 fully saturated rings. The molecule has 2 aromatic carbocycles. The molecular weight excluding hydrogens is 385 g/mol. The van der Waals surface area contributed by atoms with Crippen molar-refractivity contribution in [2.75, 3.05) is 11.9 Å². The second-order valence-corrected chi connectivity index (χ2v) is 5.86. The molecule has 136 valence electrons. The summed E-state index contributed by atoms with van der Waals surface area (Å²) in [5, 5.41) is 12.4. The maximum Gasteiger partial charge on any atom is 0.339 e. The summed E-state index contributed by atoms with van der Waals surface area (Å²) in [6.45, 7) is 0.802. The van der Waals surface area contributed by atoms with Crippen LogP contribution in [-0.2, 0) is 9.59 Å². The third kappa shape index (κ3) is 5.37. The van der Waals surface area contributed by atoms with Crippen LogP contribution < -0.4 is 14.8 Å². The van der Waals surface area contributed by atoms with Crippen LogP contribution in [0.25, 0.3) is 0 Å². The van der Waals surface area contributed by atoms with Gasteiger partial charge in [0.15, 0.2) is 6.61 Å². The van der Waals surface area contributed by atoms with Crippen molar-refractivity contribution >= 4 is 46.7 Å². The maximum atomic E-state index is 12.0. The van der Waals surface area contributed by atoms with E-state index in [4.69, 9.17) is 32.7 Å². The van der Waals surface area contributed by atoms with Crippen LogP contribution in [0.5, 0.6) is 11.5 Å². The summed E-state index contributed by atoms with van der Waals surface area (Å²) < 4.78 is 10.1. The van der Waals surface area contributed by atoms with Crippen LogP contribution in [0.4, 0.5) is 5.69 Å². The normalized spacial score (nSPS) is 10.1. The number of rotatable bonds is 6. The number of hydrogen-bond donors (Lipinski definition) is 2. The molecular formula is C17H13Cl2NO6. The summed E-state index contributed by atoms with van der Waals surface area (Å²) in [5.74, 6) is -2.33. The van der Waals surface area contributed by atoms with Gasteiger partial charge in [0.2, 0.25) is 0 Å². The minimum absolute atomic E-state index is 0.118. The van der Waals surface area contributed by atoms with Crippen LogP contribution in [-0.4, -0.2) is 29.6 Å². The highest BCUT2D eigenvalue weighted by molar-refractivity contribution is 6.35. The number of carboxylic acids is 1. The Labute approximate surface area is 158 Å². The lowest BCUT2D eigenvalue weighted by Crippen LogP contribution is -2.20. The predicted octanol–water partition coefficient (Wildman–Crippen LogP) is 3.63. The van der Waals surface area contributed by atoms with E-state index < -0.39 is 17.8 Å². The molecule has 0 saturated heterocycles. The van der Waals surface area contributed by atoms with Gasteiger partial charge < -0.3 is 19.9 Å². The van der Waals surface area contributed by atoms with Crippen molar-refractivity contribution in [2.24, 2.45) is 0 Å². The van der Waals surface area contributed by atoms with E-state index >= 15 is 0 Å². The first-order valence-corrected chi connectivity index (χ1v) is 7.95. The molecule has 0 aromatic heterocycles. The lowest BCUT2D eigenvalue weighted by Gasteiger charge is -2.11. The van der Waals surface area contributed by atoms with E-state index in [9.17, 15) is 19.5 Å². The minimum atomic E-state index is -1.30. The molecule has 0 saturated carbocycles. The van der Waals surface area contributed by atoms with Gasteiger partial charge in [-0.3, -0.25) is 9.59 Å². The van der Waals surface area contributed by atoms with E-state index in [1.807, 2.05) is 0 Å². The number of carbonyl (C=O) groups is 3. The first-order valence-electron chi connectivity index (χ1n) is 7.19. The molecule has 7 nitrogen and oxygen atoms in total. The fourth-order valence-electron chi connectivity index (χ4n) is 1.95. The number of ether oxygens (including phenoxy) is 2. The zero-order valence-corrected chi connectivity index (χ0v) is 14.9. The fraction of sp³-hybridized carbons (Fsp3) is 0.118. The number of esters is 1. The van der Waals surface area contributed by atoms with Gasteiger partial charge in [-0.05, 0) is 36.4 Å². The number of carbonyl (C=O) groups excluding carboxylic acids is 2. The summed E-state index contributed by atoms with van der Waals surface area (Å²) >= 11 is 11.7. The Hall–Kier alpha value is -2.77. The molecule has 0 spiro atoms. The molecule has 9 heteroatoms. The lowest BCUT2D eigenvalue weighted by atomic mass is 10.1. The Morgan fingerprint density at radius 1 is 1.08 bits per heavy atom. The van der Waals surface area contributed by atoms with Crippen molar-refractivity contribution < 1.29 is 29.0 Å². The standard InChI is InChI=1S/C17H13Cl2NO6/c1-9(21)26-14-5-3-11(7-12(14)17(23)24)20-16(22)8-25-15-4-2-10(18)6-13(15)19/h2-7H,8H2,1H3,(H,20,22)(H,23,24). The molecule has 1 amide bonds. The van der Waals surface area contributed by atoms with Crippen LogP contribution in [0.3, 0.4) is 0 Å². The average Bonchev–Trinajstić information content (AvgIpc) is 2.54. The number of benzene rings is 2. The van der Waals surface area contributed by atoms with Gasteiger partial charge in [0, 0.05) is 17.6 Å². The Balaban J connectivity index is 2.05. The van der Waals surface area contributed by atoms with Gasteiger partial charge in [-0.15, -0.1) is 0 Å². The third-order valence-electron chi connectivity index (χ3n) is 3.00. The molecule has 0 aliphatic carbocycles. The minimum Gasteiger partial charge on any atom is -0.482 e. The average molecular weight is 398 g/mol. The van der Waals surface area contributed by atoms with Crippen molar-refractivity contribution in [3.05, 3.63) is 52.0 Å². The molecule has 2 aromatic rings. The van der Waals surface area contributed by atoms with Gasteiger partial charge in [-0.25, -0.2) is 4.79 Å². The lowest BCUT2D eigenvalue weighted by molar-refractivity contribution is -0.131. The van der Waals surface area contributed by atoms with E-state index in [0.29, 0.717) is 5.02 Å². The highest BCUT2D eigenvalue weighted by Crippen LogP contribution is 2.27. The van der Waals surface area contributed by atoms with Crippen molar-refractivity contribution in [1.29, 1.82) is 0 Å². The molecule has 0 radical (unpaired) electrons. The molecule has 0 aliphatic rings. The number of hydrogen-bond acceptors (Lipinski definition) is 5. The number of nitrogens with one attached hydrogen (secondary N) is 1. The number of anilines is 1. The Bertz CT molecular complexity index is 868. The van der Waals surface area contributed by atoms with Crippen LogP contribution in [0.1, 0.15) is 17.3 Å². The Morgan fingerprint density at radius 2 is 1.77 bits per heavy atom. The first kappa shape index (κ1) is 19.6. The van der Waals surface area contributed by atoms with Crippen LogP contribution in [0, 0.1) is 0 Å². The molecule has 0 atom stereocenters. The quantitative estimate of drug-likeness (QED) is 0.569. The highest BCUT2D eigenvalue weighted by atomic mass is 35.5. The summed E-state index contributed by atoms with van der Waals surface area (Å²) in [6.07, 6.45) is 0. The van der Waals surface area contributed by atoms with E-state index in [0.717, 1.165) is 6.92 Å². The Morgan fingerprint density at radius 3 is 2.38 bits per heavy atom. The molecule has 2 N–H and O–H groups in total. The second kappa shape index (κ2) is 8.55. The fourth-order valence-corrected chi connectivity index (χ4v) is 2.41. The molecule has 2 rings (SSSR count). The largest absolute Gasteiger partial charge is 0.482 e. The monoisotopic (exact) mass is 397 g/mol. The van der Waals surface area contributed by atoms with Crippen LogP contribution >= 0.6 is 23.2 Å². The topological polar surface area (TPSA) is 102 Å². The first-order chi connectivity index (χ1) is 12.3. The van der Waals surface area contributed by atoms with Gasteiger partial charge in [-0.2, -0.15) is 0 Å². The van der Waals surface area contributed by atoms with E-state index in [1.165, 1.54) is 30.3 Å². The van der Waals surface area contributed by atoms with Gasteiger partial charge in [0.05, 0.1) is 5.02 Å². The molecule has 0 bridgehead atoms. The highest BCUT2D eigenvalue weighted by Gasteiger charge is 2.15. The molecule has 0 unspecified atom stereocenters. The number of amides is 1. The van der Waals surface area contributed by atoms with E-state index in [-0.39, 0.29) is 34.4 Å². The van der Waals surface area contributed by atoms with Crippen LogP contribution in [0.2, 0.25) is 10.0 Å². The summed E-state index contributed by atoms with van der Waals surface area (Å²) in [4.78, 5) is 34.2. The van der Waals surface area contributed by atoms with E-state index in [2.05, 4.69) is 5.32 Å². The Kier molecular flexibility index (Phi) is 6.43. The second-order valence-electron chi connectivity index (χ2n) is 5.02. The van der Waals surface area contributed by atoms with Crippen molar-refractivity contribution in [2.45, 2.75) is 6.92 Å². The molecule has 0 heterocycles. The summed E-state index contributed by atoms with van der Waals surface area (Å²) in [7, 11) is 0. The molecule has 0 aliphatic heterocycles. The zero-order valence-electron chi connectivity index (χ0n) is 13.4. The predicted molar refractivity (Wildman–Crippen MR) is 95.3 cm³/mol. The number of carboxylic acid groups (broad SMARTS) is 1. The maximum absolute atomic E-state index is 12.0. The smallest absolute Gasteiger partial charge is 0.339 e. The SMILES string of the molecule is CC(=O)Oc1ccc(NC(=O)COc2ccc(Cl)cc2Cl)cc1C(=O)O. The molecule has 26 heavy (non-hydrogen) atoms. The summed E-state index contributed by atoms with van der Waals surface area (Å²) in [6, 6.07) is 8.41. The van der Waals surface area contributed by atoms with Crippen molar-refractivity contribution in [3.63, 3.8) is 0 Å². The third-order valence-corrected chi connectivity index (χ3v) is 3.53. The number of halogens is 2.